The Kier molecular flexibility index (Phi) is 5.66. The van der Waals surface area contributed by atoms with Crippen molar-refractivity contribution < 1.29 is 14.1 Å². The molecule has 2 amide bonds. The number of nitrogens with one attached hydrogen (secondary N) is 1. The van der Waals surface area contributed by atoms with Gasteiger partial charge in [-0.05, 0) is 45.1 Å². The number of hydrogen-bond acceptors (Lipinski definition) is 5. The van der Waals surface area contributed by atoms with Crippen molar-refractivity contribution in [2.45, 2.75) is 71.9 Å². The lowest BCUT2D eigenvalue weighted by molar-refractivity contribution is -0.141. The quantitative estimate of drug-likeness (QED) is 0.753. The molecule has 0 bridgehead atoms. The fourth-order valence-corrected chi connectivity index (χ4v) is 5.20. The van der Waals surface area contributed by atoms with Crippen molar-refractivity contribution in [2.75, 3.05) is 13.1 Å². The minimum absolute atomic E-state index is 0.0310. The number of rotatable bonds is 7. The molecule has 1 N–H and O–H groups in total. The molecule has 1 saturated heterocycles. The summed E-state index contributed by atoms with van der Waals surface area (Å²) in [6, 6.07) is 0.226. The van der Waals surface area contributed by atoms with E-state index in [1.165, 1.54) is 0 Å². The lowest BCUT2D eigenvalue weighted by atomic mass is 9.74. The van der Waals surface area contributed by atoms with Gasteiger partial charge in [0.05, 0.1) is 12.7 Å². The van der Waals surface area contributed by atoms with Gasteiger partial charge >= 0.3 is 0 Å². The maximum Gasteiger partial charge on any atom is 0.273 e. The van der Waals surface area contributed by atoms with Crippen LogP contribution in [0.5, 0.6) is 0 Å². The first kappa shape index (κ1) is 20.6. The Labute approximate surface area is 177 Å². The minimum Gasteiger partial charge on any atom is -0.361 e. The number of nitrogens with zero attached hydrogens (tertiary/aromatic N) is 4. The van der Waals surface area contributed by atoms with Gasteiger partial charge < -0.3 is 14.7 Å². The van der Waals surface area contributed by atoms with Crippen LogP contribution in [0.15, 0.2) is 16.9 Å². The minimum atomic E-state index is -0.218. The molecule has 1 aliphatic heterocycles. The van der Waals surface area contributed by atoms with Crippen molar-refractivity contribution in [1.29, 1.82) is 0 Å². The summed E-state index contributed by atoms with van der Waals surface area (Å²) in [5.74, 6) is 0.668. The van der Waals surface area contributed by atoms with Crippen LogP contribution < -0.4 is 5.32 Å². The van der Waals surface area contributed by atoms with Crippen LogP contribution in [0.3, 0.4) is 0 Å². The molecule has 0 aromatic carbocycles. The Balaban J connectivity index is 1.48. The number of aryl methyl sites for hydroxylation is 2. The second-order valence-corrected chi connectivity index (χ2v) is 8.82. The van der Waals surface area contributed by atoms with Gasteiger partial charge in [-0.2, -0.15) is 5.10 Å². The predicted molar refractivity (Wildman–Crippen MR) is 111 cm³/mol. The Bertz CT molecular complexity index is 933. The van der Waals surface area contributed by atoms with Crippen LogP contribution in [0, 0.1) is 19.3 Å². The molecule has 0 radical (unpaired) electrons. The Morgan fingerprint density at radius 1 is 1.37 bits per heavy atom. The van der Waals surface area contributed by atoms with Crippen LogP contribution >= 0.6 is 0 Å². The Hall–Kier alpha value is -2.64. The Morgan fingerprint density at radius 2 is 2.20 bits per heavy atom. The van der Waals surface area contributed by atoms with Gasteiger partial charge in [-0.1, -0.05) is 18.5 Å². The van der Waals surface area contributed by atoms with Crippen LogP contribution in [0.4, 0.5) is 0 Å². The largest absolute Gasteiger partial charge is 0.361 e. The molecular formula is C22H31N5O3. The average Bonchev–Trinajstić information content (AvgIpc) is 3.43. The molecule has 30 heavy (non-hydrogen) atoms. The highest BCUT2D eigenvalue weighted by atomic mass is 16.5. The molecule has 8 nitrogen and oxygen atoms in total. The molecule has 0 unspecified atom stereocenters. The molecular weight excluding hydrogens is 382 g/mol. The number of fused-ring (bicyclic) bond motifs is 1. The molecule has 2 atom stereocenters. The lowest BCUT2D eigenvalue weighted by Crippen LogP contribution is -2.56. The zero-order valence-electron chi connectivity index (χ0n) is 18.1. The van der Waals surface area contributed by atoms with E-state index in [-0.39, 0.29) is 23.3 Å². The molecule has 2 fully saturated rings. The first-order valence-electron chi connectivity index (χ1n) is 11.0. The van der Waals surface area contributed by atoms with E-state index < -0.39 is 0 Å². The number of carbonyl (C=O) groups excluding carboxylic acids is 2. The van der Waals surface area contributed by atoms with E-state index in [0.29, 0.717) is 31.0 Å². The van der Waals surface area contributed by atoms with Gasteiger partial charge in [0, 0.05) is 42.7 Å². The van der Waals surface area contributed by atoms with Crippen LogP contribution in [0.25, 0.3) is 0 Å². The van der Waals surface area contributed by atoms with Crippen LogP contribution in [0.2, 0.25) is 0 Å². The van der Waals surface area contributed by atoms with Gasteiger partial charge in [0.2, 0.25) is 5.91 Å². The lowest BCUT2D eigenvalue weighted by Gasteiger charge is -2.46. The summed E-state index contributed by atoms with van der Waals surface area (Å²) < 4.78 is 7.12. The van der Waals surface area contributed by atoms with E-state index in [1.807, 2.05) is 20.0 Å². The third-order valence-corrected chi connectivity index (χ3v) is 6.74. The fourth-order valence-electron chi connectivity index (χ4n) is 5.20. The summed E-state index contributed by atoms with van der Waals surface area (Å²) in [7, 11) is 0. The van der Waals surface area contributed by atoms with E-state index >= 15 is 0 Å². The topological polar surface area (TPSA) is 93.3 Å². The van der Waals surface area contributed by atoms with Crippen LogP contribution in [0.1, 0.15) is 72.8 Å². The van der Waals surface area contributed by atoms with E-state index in [9.17, 15) is 9.59 Å². The van der Waals surface area contributed by atoms with Crippen molar-refractivity contribution in [3.05, 3.63) is 35.0 Å². The monoisotopic (exact) mass is 413 g/mol. The smallest absolute Gasteiger partial charge is 0.273 e. The van der Waals surface area contributed by atoms with Gasteiger partial charge in [0.15, 0.2) is 5.69 Å². The number of amides is 2. The summed E-state index contributed by atoms with van der Waals surface area (Å²) >= 11 is 0. The summed E-state index contributed by atoms with van der Waals surface area (Å²) in [4.78, 5) is 27.6. The van der Waals surface area contributed by atoms with Crippen molar-refractivity contribution in [1.82, 2.24) is 25.2 Å². The standard InChI is InChI=1S/C22H31N5O3/c1-4-10-27-18-6-5-8-22(18,9-7-19(27)28)14-23-21(29)20-17(16(3)30-25-20)13-26-12-15(2)11-24-26/h11-12,18H,4-10,13-14H2,1-3H3,(H,23,29)/t18-,22+/m1/s1. The highest BCUT2D eigenvalue weighted by molar-refractivity contribution is 5.93. The van der Waals surface area contributed by atoms with E-state index in [4.69, 9.17) is 4.52 Å². The van der Waals surface area contributed by atoms with Crippen molar-refractivity contribution >= 4 is 11.8 Å². The third kappa shape index (κ3) is 3.75. The molecule has 2 aromatic rings. The molecule has 3 heterocycles. The van der Waals surface area contributed by atoms with E-state index in [1.54, 1.807) is 10.9 Å². The van der Waals surface area contributed by atoms with Crippen molar-refractivity contribution in [2.24, 2.45) is 5.41 Å². The molecule has 4 rings (SSSR count). The normalized spacial score (nSPS) is 23.6. The highest BCUT2D eigenvalue weighted by Crippen LogP contribution is 2.47. The van der Waals surface area contributed by atoms with Crippen LogP contribution in [-0.2, 0) is 11.3 Å². The summed E-state index contributed by atoms with van der Waals surface area (Å²) in [5, 5.41) is 11.5. The van der Waals surface area contributed by atoms with E-state index in [2.05, 4.69) is 27.4 Å². The SMILES string of the molecule is CCCN1C(=O)CC[C@]2(CNC(=O)c3noc(C)c3Cn3cc(C)cn3)CCC[C@@H]12. The molecule has 1 saturated carbocycles. The van der Waals surface area contributed by atoms with Gasteiger partial charge in [0.25, 0.3) is 5.91 Å². The van der Waals surface area contributed by atoms with Gasteiger partial charge in [-0.15, -0.1) is 0 Å². The number of carbonyl (C=O) groups is 2. The second kappa shape index (κ2) is 8.24. The molecule has 2 aliphatic rings. The number of piperidine rings is 1. The zero-order valence-corrected chi connectivity index (χ0v) is 18.1. The number of hydrogen-bond donors (Lipinski definition) is 1. The van der Waals surface area contributed by atoms with Gasteiger partial charge in [-0.25, -0.2) is 0 Å². The molecule has 0 spiro atoms. The summed E-state index contributed by atoms with van der Waals surface area (Å²) in [6.07, 6.45) is 9.25. The zero-order chi connectivity index (χ0) is 21.3. The maximum atomic E-state index is 13.0. The fraction of sp³-hybridized carbons (Fsp3) is 0.636. The third-order valence-electron chi connectivity index (χ3n) is 6.74. The van der Waals surface area contributed by atoms with Crippen molar-refractivity contribution in [3.63, 3.8) is 0 Å². The first-order chi connectivity index (χ1) is 14.4. The first-order valence-corrected chi connectivity index (χ1v) is 11.0. The molecule has 162 valence electrons. The number of aromatic nitrogens is 3. The highest BCUT2D eigenvalue weighted by Gasteiger charge is 2.50. The second-order valence-electron chi connectivity index (χ2n) is 8.82. The van der Waals surface area contributed by atoms with Crippen LogP contribution in [-0.4, -0.2) is 50.8 Å². The van der Waals surface area contributed by atoms with Gasteiger partial charge in [-0.3, -0.25) is 14.3 Å². The number of likely N-dealkylation sites (tertiary alicyclic amines) is 1. The average molecular weight is 414 g/mol. The molecule has 8 heteroatoms. The molecule has 1 aliphatic carbocycles. The summed E-state index contributed by atoms with van der Waals surface area (Å²) in [5.41, 5.74) is 2.10. The predicted octanol–water partition coefficient (Wildman–Crippen LogP) is 2.84. The summed E-state index contributed by atoms with van der Waals surface area (Å²) in [6.45, 7) is 7.71. The Morgan fingerprint density at radius 3 is 2.93 bits per heavy atom. The molecule has 2 aromatic heterocycles. The maximum absolute atomic E-state index is 13.0. The van der Waals surface area contributed by atoms with Gasteiger partial charge in [0.1, 0.15) is 5.76 Å². The van der Waals surface area contributed by atoms with Crippen molar-refractivity contribution in [3.8, 4) is 0 Å². The van der Waals surface area contributed by atoms with E-state index in [0.717, 1.165) is 49.8 Å².